The van der Waals surface area contributed by atoms with E-state index in [2.05, 4.69) is 42.6 Å². The average molecular weight is 393 g/mol. The number of halogens is 1. The Balaban J connectivity index is 1.36. The van der Waals surface area contributed by atoms with E-state index in [0.29, 0.717) is 12.0 Å². The van der Waals surface area contributed by atoms with Gasteiger partial charge in [0.15, 0.2) is 0 Å². The predicted molar refractivity (Wildman–Crippen MR) is 97.9 cm³/mol. The number of nitrogens with one attached hydrogen (secondary N) is 1. The van der Waals surface area contributed by atoms with Crippen LogP contribution in [0.15, 0.2) is 28.2 Å². The SMILES string of the molecule is Brc1csc(CN2CCCC(Nc3ccnc(C4CC4)n3)C2)c1. The number of piperidine rings is 1. The maximum atomic E-state index is 4.70. The molecule has 2 aliphatic rings. The number of likely N-dealkylation sites (tertiary alicyclic amines) is 1. The number of nitrogens with zero attached hydrogens (tertiary/aromatic N) is 3. The summed E-state index contributed by atoms with van der Waals surface area (Å²) in [6.07, 6.45) is 6.85. The lowest BCUT2D eigenvalue weighted by atomic mass is 10.1. The normalized spacial score (nSPS) is 22.2. The highest BCUT2D eigenvalue weighted by Crippen LogP contribution is 2.38. The van der Waals surface area contributed by atoms with E-state index in [1.165, 1.54) is 41.6 Å². The van der Waals surface area contributed by atoms with Crippen molar-refractivity contribution in [2.24, 2.45) is 0 Å². The molecule has 3 heterocycles. The molecule has 0 radical (unpaired) electrons. The largest absolute Gasteiger partial charge is 0.366 e. The number of anilines is 1. The first-order chi connectivity index (χ1) is 11.3. The molecular weight excluding hydrogens is 372 g/mol. The Morgan fingerprint density at radius 3 is 3.04 bits per heavy atom. The van der Waals surface area contributed by atoms with Crippen molar-refractivity contribution < 1.29 is 0 Å². The molecule has 23 heavy (non-hydrogen) atoms. The summed E-state index contributed by atoms with van der Waals surface area (Å²) in [5.41, 5.74) is 0. The molecule has 0 aromatic carbocycles. The van der Waals surface area contributed by atoms with Crippen molar-refractivity contribution >= 4 is 33.1 Å². The van der Waals surface area contributed by atoms with E-state index in [9.17, 15) is 0 Å². The van der Waals surface area contributed by atoms with Crippen LogP contribution in [0.4, 0.5) is 5.82 Å². The molecule has 0 amide bonds. The summed E-state index contributed by atoms with van der Waals surface area (Å²) < 4.78 is 1.19. The average Bonchev–Trinajstić information content (AvgIpc) is 3.32. The van der Waals surface area contributed by atoms with Crippen LogP contribution in [0.2, 0.25) is 0 Å². The highest BCUT2D eigenvalue weighted by atomic mass is 79.9. The molecule has 2 aromatic heterocycles. The topological polar surface area (TPSA) is 41.0 Å². The van der Waals surface area contributed by atoms with Gasteiger partial charge in [0.25, 0.3) is 0 Å². The molecular formula is C17H21BrN4S. The van der Waals surface area contributed by atoms with Gasteiger partial charge in [-0.05, 0) is 60.3 Å². The molecule has 1 aliphatic heterocycles. The quantitative estimate of drug-likeness (QED) is 0.825. The van der Waals surface area contributed by atoms with Gasteiger partial charge in [-0.2, -0.15) is 0 Å². The van der Waals surface area contributed by atoms with Crippen LogP contribution >= 0.6 is 27.3 Å². The van der Waals surface area contributed by atoms with Crippen molar-refractivity contribution in [3.63, 3.8) is 0 Å². The molecule has 1 aliphatic carbocycles. The van der Waals surface area contributed by atoms with Gasteiger partial charge in [0.1, 0.15) is 11.6 Å². The van der Waals surface area contributed by atoms with Crippen LogP contribution in [-0.4, -0.2) is 34.0 Å². The van der Waals surface area contributed by atoms with E-state index in [-0.39, 0.29) is 0 Å². The molecule has 4 rings (SSSR count). The molecule has 1 saturated heterocycles. The molecule has 6 heteroatoms. The first kappa shape index (κ1) is 15.5. The number of hydrogen-bond acceptors (Lipinski definition) is 5. The number of aromatic nitrogens is 2. The van der Waals surface area contributed by atoms with Gasteiger partial charge in [0.2, 0.25) is 0 Å². The standard InChI is InChI=1S/C17H21BrN4S/c18-13-8-15(23-11-13)10-22-7-1-2-14(9-22)20-16-5-6-19-17(21-16)12-3-4-12/h5-6,8,11-12,14H,1-4,7,9-10H2,(H,19,20,21). The zero-order valence-corrected chi connectivity index (χ0v) is 15.4. The highest BCUT2D eigenvalue weighted by Gasteiger charge is 2.27. The maximum absolute atomic E-state index is 4.70. The van der Waals surface area contributed by atoms with Crippen molar-refractivity contribution in [1.29, 1.82) is 0 Å². The zero-order chi connectivity index (χ0) is 15.6. The molecule has 2 aromatic rings. The highest BCUT2D eigenvalue weighted by molar-refractivity contribution is 9.10. The summed E-state index contributed by atoms with van der Waals surface area (Å²) in [6.45, 7) is 3.31. The summed E-state index contributed by atoms with van der Waals surface area (Å²) in [5.74, 6) is 2.62. The zero-order valence-electron chi connectivity index (χ0n) is 13.0. The minimum atomic E-state index is 0.481. The fourth-order valence-corrected chi connectivity index (χ4v) is 4.67. The lowest BCUT2D eigenvalue weighted by Crippen LogP contribution is -2.41. The molecule has 0 bridgehead atoms. The molecule has 1 unspecified atom stereocenters. The monoisotopic (exact) mass is 392 g/mol. The Labute approximate surface area is 149 Å². The minimum absolute atomic E-state index is 0.481. The van der Waals surface area contributed by atoms with Crippen LogP contribution in [0, 0.1) is 0 Å². The first-order valence-electron chi connectivity index (χ1n) is 8.31. The van der Waals surface area contributed by atoms with E-state index in [0.717, 1.165) is 24.7 Å². The lowest BCUT2D eigenvalue weighted by Gasteiger charge is -2.33. The van der Waals surface area contributed by atoms with Crippen LogP contribution in [0.25, 0.3) is 0 Å². The summed E-state index contributed by atoms with van der Waals surface area (Å²) in [6, 6.07) is 4.71. The predicted octanol–water partition coefficient (Wildman–Crippen LogP) is 4.25. The van der Waals surface area contributed by atoms with Crippen molar-refractivity contribution in [2.45, 2.75) is 44.2 Å². The van der Waals surface area contributed by atoms with Crippen LogP contribution in [0.3, 0.4) is 0 Å². The van der Waals surface area contributed by atoms with Crippen molar-refractivity contribution in [3.05, 3.63) is 38.9 Å². The second-order valence-corrected chi connectivity index (χ2v) is 8.44. The van der Waals surface area contributed by atoms with Crippen molar-refractivity contribution in [3.8, 4) is 0 Å². The Hall–Kier alpha value is -0.980. The number of rotatable bonds is 5. The molecule has 122 valence electrons. The Kier molecular flexibility index (Phi) is 4.64. The molecule has 1 saturated carbocycles. The summed E-state index contributed by atoms with van der Waals surface area (Å²) >= 11 is 5.37. The van der Waals surface area contributed by atoms with Gasteiger partial charge in [-0.1, -0.05) is 0 Å². The van der Waals surface area contributed by atoms with Crippen molar-refractivity contribution in [1.82, 2.24) is 14.9 Å². The van der Waals surface area contributed by atoms with Crippen LogP contribution in [0.5, 0.6) is 0 Å². The molecule has 1 atom stereocenters. The van der Waals surface area contributed by atoms with Gasteiger partial charge in [0, 0.05) is 46.0 Å². The third-order valence-corrected chi connectivity index (χ3v) is 6.16. The van der Waals surface area contributed by atoms with Gasteiger partial charge >= 0.3 is 0 Å². The summed E-state index contributed by atoms with van der Waals surface area (Å²) in [5, 5.41) is 5.79. The fraction of sp³-hybridized carbons (Fsp3) is 0.529. The second-order valence-electron chi connectivity index (χ2n) is 6.52. The maximum Gasteiger partial charge on any atom is 0.133 e. The van der Waals surface area contributed by atoms with E-state index in [1.807, 2.05) is 23.6 Å². The molecule has 4 nitrogen and oxygen atoms in total. The third-order valence-electron chi connectivity index (χ3n) is 4.48. The van der Waals surface area contributed by atoms with Crippen LogP contribution in [0.1, 0.15) is 42.3 Å². The Morgan fingerprint density at radius 2 is 2.26 bits per heavy atom. The van der Waals surface area contributed by atoms with Crippen LogP contribution in [-0.2, 0) is 6.54 Å². The van der Waals surface area contributed by atoms with Gasteiger partial charge in [0.05, 0.1) is 0 Å². The van der Waals surface area contributed by atoms with Gasteiger partial charge < -0.3 is 5.32 Å². The number of hydrogen-bond donors (Lipinski definition) is 1. The van der Waals surface area contributed by atoms with Gasteiger partial charge in [-0.15, -0.1) is 11.3 Å². The fourth-order valence-electron chi connectivity index (χ4n) is 3.18. The van der Waals surface area contributed by atoms with E-state index in [4.69, 9.17) is 4.98 Å². The van der Waals surface area contributed by atoms with E-state index < -0.39 is 0 Å². The number of thiophene rings is 1. The van der Waals surface area contributed by atoms with E-state index >= 15 is 0 Å². The minimum Gasteiger partial charge on any atom is -0.366 e. The second kappa shape index (κ2) is 6.87. The first-order valence-corrected chi connectivity index (χ1v) is 9.98. The Bertz CT molecular complexity index is 670. The van der Waals surface area contributed by atoms with Crippen LogP contribution < -0.4 is 5.32 Å². The summed E-state index contributed by atoms with van der Waals surface area (Å²) in [7, 11) is 0. The molecule has 1 N–H and O–H groups in total. The van der Waals surface area contributed by atoms with E-state index in [1.54, 1.807) is 0 Å². The molecule has 2 fully saturated rings. The smallest absolute Gasteiger partial charge is 0.133 e. The van der Waals surface area contributed by atoms with Gasteiger partial charge in [-0.3, -0.25) is 4.90 Å². The van der Waals surface area contributed by atoms with Gasteiger partial charge in [-0.25, -0.2) is 9.97 Å². The third kappa shape index (κ3) is 4.11. The lowest BCUT2D eigenvalue weighted by molar-refractivity contribution is 0.210. The molecule has 0 spiro atoms. The van der Waals surface area contributed by atoms with Crippen molar-refractivity contribution in [2.75, 3.05) is 18.4 Å². The Morgan fingerprint density at radius 1 is 1.35 bits per heavy atom. The summed E-state index contributed by atoms with van der Waals surface area (Å²) in [4.78, 5) is 13.1.